The van der Waals surface area contributed by atoms with Crippen molar-refractivity contribution in [3.05, 3.63) is 76.1 Å². The van der Waals surface area contributed by atoms with Crippen molar-refractivity contribution in [1.29, 1.82) is 0 Å². The zero-order valence-corrected chi connectivity index (χ0v) is 28.5. The molecule has 3 aromatic rings. The molecule has 0 amide bonds. The van der Waals surface area contributed by atoms with E-state index < -0.39 is 0 Å². The number of halogens is 1. The highest BCUT2D eigenvalue weighted by Crippen LogP contribution is 2.41. The molecule has 1 fully saturated rings. The molecule has 0 N–H and O–H groups in total. The molecule has 0 radical (unpaired) electrons. The van der Waals surface area contributed by atoms with E-state index in [2.05, 4.69) is 85.7 Å². The molecule has 1 saturated carbocycles. The Balaban J connectivity index is 1.72. The number of ether oxygens (including phenoxy) is 1. The highest BCUT2D eigenvalue weighted by molar-refractivity contribution is 5.78. The number of rotatable bonds is 13. The third-order valence-corrected chi connectivity index (χ3v) is 11.0. The lowest BCUT2D eigenvalue weighted by molar-refractivity contribution is 0.126. The Morgan fingerprint density at radius 3 is 1.86 bits per heavy atom. The topological polar surface area (TPSA) is 9.23 Å². The molecular formula is C41H57FO. The Morgan fingerprint density at radius 1 is 0.674 bits per heavy atom. The second-order valence-electron chi connectivity index (χ2n) is 13.2. The van der Waals surface area contributed by atoms with Gasteiger partial charge in [0.05, 0.1) is 6.61 Å². The minimum absolute atomic E-state index is 0.0850. The van der Waals surface area contributed by atoms with Gasteiger partial charge in [0.15, 0.2) is 0 Å². The summed E-state index contributed by atoms with van der Waals surface area (Å²) in [5.41, 5.74) is 10.9. The van der Waals surface area contributed by atoms with Gasteiger partial charge in [-0.15, -0.1) is 0 Å². The van der Waals surface area contributed by atoms with E-state index in [1.807, 2.05) is 12.1 Å². The molecule has 43 heavy (non-hydrogen) atoms. The molecule has 2 heteroatoms. The van der Waals surface area contributed by atoms with Gasteiger partial charge in [-0.05, 0) is 126 Å². The van der Waals surface area contributed by atoms with Gasteiger partial charge in [-0.2, -0.15) is 0 Å². The first-order chi connectivity index (χ1) is 20.8. The molecule has 4 rings (SSSR count). The molecule has 0 heterocycles. The second kappa shape index (κ2) is 14.9. The monoisotopic (exact) mass is 584 g/mol. The van der Waals surface area contributed by atoms with Crippen molar-refractivity contribution in [2.24, 2.45) is 11.3 Å². The van der Waals surface area contributed by atoms with Crippen LogP contribution in [0, 0.1) is 17.2 Å². The lowest BCUT2D eigenvalue weighted by atomic mass is 9.79. The first-order valence-corrected chi connectivity index (χ1v) is 17.5. The van der Waals surface area contributed by atoms with Crippen molar-refractivity contribution >= 4 is 0 Å². The van der Waals surface area contributed by atoms with E-state index in [0.717, 1.165) is 74.3 Å². The highest BCUT2D eigenvalue weighted by atomic mass is 19.1. The summed E-state index contributed by atoms with van der Waals surface area (Å²) in [5, 5.41) is 0. The van der Waals surface area contributed by atoms with Crippen LogP contribution in [0.1, 0.15) is 134 Å². The summed E-state index contributed by atoms with van der Waals surface area (Å²) in [6, 6.07) is 15.1. The summed E-state index contributed by atoms with van der Waals surface area (Å²) in [6.07, 6.45) is 12.0. The maximum absolute atomic E-state index is 15.7. The van der Waals surface area contributed by atoms with Crippen LogP contribution in [0.15, 0.2) is 42.5 Å². The molecule has 3 aromatic carbocycles. The first-order valence-electron chi connectivity index (χ1n) is 17.5. The molecule has 0 bridgehead atoms. The fraction of sp³-hybridized carbons (Fsp3) is 0.561. The lowest BCUT2D eigenvalue weighted by Gasteiger charge is -2.32. The molecule has 234 valence electrons. The number of hydrogen-bond donors (Lipinski definition) is 0. The molecule has 0 aromatic heterocycles. The second-order valence-corrected chi connectivity index (χ2v) is 13.2. The van der Waals surface area contributed by atoms with Crippen molar-refractivity contribution in [2.75, 3.05) is 6.61 Å². The van der Waals surface area contributed by atoms with Crippen LogP contribution in [0.4, 0.5) is 4.39 Å². The van der Waals surface area contributed by atoms with E-state index in [9.17, 15) is 0 Å². The van der Waals surface area contributed by atoms with Crippen molar-refractivity contribution < 1.29 is 9.13 Å². The Hall–Kier alpha value is -2.61. The van der Waals surface area contributed by atoms with E-state index in [1.54, 1.807) is 0 Å². The third kappa shape index (κ3) is 7.05. The Bertz CT molecular complexity index is 1350. The first kappa shape index (κ1) is 33.3. The van der Waals surface area contributed by atoms with Crippen LogP contribution in [0.5, 0.6) is 5.75 Å². The number of aryl methyl sites for hydroxylation is 2. The van der Waals surface area contributed by atoms with E-state index in [1.165, 1.54) is 64.6 Å². The number of benzene rings is 3. The molecule has 0 atom stereocenters. The van der Waals surface area contributed by atoms with Crippen molar-refractivity contribution in [2.45, 2.75) is 132 Å². The normalized spacial score (nSPS) is 17.3. The standard InChI is InChI=1S/C41H57FO/c1-9-29-24-33(21-22-36(29)37-23-20-32(26-39(37)42)31-18-16-28(8)17-19-31)38-25-30(10-2)40(35(12-4)34(38)11-3)43-27-41(13-5,14-6)15-7/h20-26,28,31H,9-19,27H2,1-8H3. The third-order valence-electron chi connectivity index (χ3n) is 11.0. The zero-order valence-electron chi connectivity index (χ0n) is 28.5. The van der Waals surface area contributed by atoms with Crippen LogP contribution in [0.3, 0.4) is 0 Å². The molecule has 1 aliphatic carbocycles. The molecule has 1 aliphatic rings. The summed E-state index contributed by atoms with van der Waals surface area (Å²) >= 11 is 0. The summed E-state index contributed by atoms with van der Waals surface area (Å²) < 4.78 is 22.5. The maximum Gasteiger partial charge on any atom is 0.131 e. The average Bonchev–Trinajstić information content (AvgIpc) is 3.05. The van der Waals surface area contributed by atoms with E-state index in [-0.39, 0.29) is 11.2 Å². The lowest BCUT2D eigenvalue weighted by Crippen LogP contribution is -2.27. The molecule has 0 saturated heterocycles. The summed E-state index contributed by atoms with van der Waals surface area (Å²) in [6.45, 7) is 19.0. The fourth-order valence-corrected chi connectivity index (χ4v) is 7.49. The van der Waals surface area contributed by atoms with Gasteiger partial charge in [0.25, 0.3) is 0 Å². The zero-order chi connectivity index (χ0) is 31.1. The van der Waals surface area contributed by atoms with Gasteiger partial charge in [-0.3, -0.25) is 0 Å². The van der Waals surface area contributed by atoms with Crippen molar-refractivity contribution in [1.82, 2.24) is 0 Å². The SMILES string of the molecule is CCc1cc(-c2cc(CC)c(OCC(CC)(CC)CC)c(CC)c2CC)ccc1-c1ccc(C2CCC(C)CC2)cc1F. The van der Waals surface area contributed by atoms with E-state index >= 15 is 4.39 Å². The largest absolute Gasteiger partial charge is 0.492 e. The van der Waals surface area contributed by atoms with Crippen LogP contribution in [0.2, 0.25) is 0 Å². The van der Waals surface area contributed by atoms with E-state index in [4.69, 9.17) is 4.74 Å². The Kier molecular flexibility index (Phi) is 11.5. The van der Waals surface area contributed by atoms with Crippen LogP contribution in [0.25, 0.3) is 22.3 Å². The van der Waals surface area contributed by atoms with Crippen LogP contribution in [-0.4, -0.2) is 6.61 Å². The van der Waals surface area contributed by atoms with Crippen LogP contribution >= 0.6 is 0 Å². The summed E-state index contributed by atoms with van der Waals surface area (Å²) in [5.74, 6) is 2.33. The molecule has 0 spiro atoms. The Labute approximate surface area is 262 Å². The predicted octanol–water partition coefficient (Wildman–Crippen LogP) is 12.3. The van der Waals surface area contributed by atoms with Gasteiger partial charge in [-0.25, -0.2) is 4.39 Å². The smallest absolute Gasteiger partial charge is 0.131 e. The maximum atomic E-state index is 15.7. The van der Waals surface area contributed by atoms with E-state index in [0.29, 0.717) is 5.92 Å². The minimum atomic E-state index is -0.0850. The summed E-state index contributed by atoms with van der Waals surface area (Å²) in [4.78, 5) is 0. The molecule has 1 nitrogen and oxygen atoms in total. The minimum Gasteiger partial charge on any atom is -0.492 e. The molecule has 0 unspecified atom stereocenters. The fourth-order valence-electron chi connectivity index (χ4n) is 7.49. The van der Waals surface area contributed by atoms with Gasteiger partial charge in [0.1, 0.15) is 11.6 Å². The quantitative estimate of drug-likeness (QED) is 0.194. The van der Waals surface area contributed by atoms with Gasteiger partial charge >= 0.3 is 0 Å². The average molecular weight is 585 g/mol. The number of hydrogen-bond acceptors (Lipinski definition) is 1. The highest BCUT2D eigenvalue weighted by Gasteiger charge is 2.27. The Morgan fingerprint density at radius 2 is 1.30 bits per heavy atom. The van der Waals surface area contributed by atoms with Gasteiger partial charge < -0.3 is 4.74 Å². The van der Waals surface area contributed by atoms with Crippen LogP contribution < -0.4 is 4.74 Å². The van der Waals surface area contributed by atoms with Crippen molar-refractivity contribution in [3.63, 3.8) is 0 Å². The predicted molar refractivity (Wildman–Crippen MR) is 184 cm³/mol. The van der Waals surface area contributed by atoms with Crippen LogP contribution in [-0.2, 0) is 25.7 Å². The van der Waals surface area contributed by atoms with Crippen molar-refractivity contribution in [3.8, 4) is 28.0 Å². The molecular weight excluding hydrogens is 527 g/mol. The molecule has 0 aliphatic heterocycles. The summed E-state index contributed by atoms with van der Waals surface area (Å²) in [7, 11) is 0. The van der Waals surface area contributed by atoms with Gasteiger partial charge in [0.2, 0.25) is 0 Å². The van der Waals surface area contributed by atoms with Gasteiger partial charge in [0, 0.05) is 11.0 Å². The van der Waals surface area contributed by atoms with Gasteiger partial charge in [-0.1, -0.05) is 98.6 Å².